The topological polar surface area (TPSA) is 8.17 Å². The lowest BCUT2D eigenvalue weighted by Crippen LogP contribution is -2.74. The Labute approximate surface area is 415 Å². The summed E-state index contributed by atoms with van der Waals surface area (Å²) in [4.78, 5) is 2.43. The molecule has 0 atom stereocenters. The summed E-state index contributed by atoms with van der Waals surface area (Å²) in [5.41, 5.74) is 11.6. The SMILES string of the molecule is c1ccc(-n2c3cccc(-c4cccc(N(c5ccc(-c6cccc7ccccc67)cc5)c5ccc([Si](c6ccccc6)(c6ccccc6)c6ccccc6)cc5)c4)c3c3ccc4ccccc4c32)cc1. The van der Waals surface area contributed by atoms with Gasteiger partial charge in [0.1, 0.15) is 0 Å². The van der Waals surface area contributed by atoms with Crippen molar-refractivity contribution in [2.45, 2.75) is 0 Å². The third-order valence-electron chi connectivity index (χ3n) is 14.5. The van der Waals surface area contributed by atoms with Crippen molar-refractivity contribution in [2.24, 2.45) is 0 Å². The maximum absolute atomic E-state index is 2.75. The number of hydrogen-bond acceptors (Lipinski definition) is 1. The normalized spacial score (nSPS) is 11.7. The van der Waals surface area contributed by atoms with Gasteiger partial charge in [-0.2, -0.15) is 0 Å². The number of benzene rings is 12. The molecule has 1 aromatic heterocycles. The summed E-state index contributed by atoms with van der Waals surface area (Å²) in [5, 5.41) is 12.8. The maximum atomic E-state index is 2.45. The van der Waals surface area contributed by atoms with Gasteiger partial charge in [0.15, 0.2) is 8.07 Å². The van der Waals surface area contributed by atoms with E-state index in [1.807, 2.05) is 0 Å². The average Bonchev–Trinajstić information content (AvgIpc) is 3.80. The van der Waals surface area contributed by atoms with E-state index in [9.17, 15) is 0 Å². The van der Waals surface area contributed by atoms with Gasteiger partial charge in [-0.25, -0.2) is 0 Å². The maximum Gasteiger partial charge on any atom is 0.179 e. The molecule has 3 heteroatoms. The minimum atomic E-state index is -2.75. The van der Waals surface area contributed by atoms with Crippen LogP contribution in [0.25, 0.3) is 71.3 Å². The molecule has 1 heterocycles. The van der Waals surface area contributed by atoms with Crippen molar-refractivity contribution in [3.63, 3.8) is 0 Å². The van der Waals surface area contributed by atoms with Crippen molar-refractivity contribution in [1.29, 1.82) is 0 Å². The molecular formula is C68H48N2Si. The molecule has 0 radical (unpaired) electrons. The summed E-state index contributed by atoms with van der Waals surface area (Å²) in [6, 6.07) is 107. The van der Waals surface area contributed by atoms with Gasteiger partial charge in [-0.1, -0.05) is 237 Å². The van der Waals surface area contributed by atoms with Gasteiger partial charge < -0.3 is 9.47 Å². The van der Waals surface area contributed by atoms with Gasteiger partial charge in [0.25, 0.3) is 0 Å². The molecule has 0 aliphatic heterocycles. The first kappa shape index (κ1) is 42.1. The molecule has 0 saturated heterocycles. The minimum absolute atomic E-state index is 1.08. The van der Waals surface area contributed by atoms with Crippen molar-refractivity contribution in [3.8, 4) is 27.9 Å². The van der Waals surface area contributed by atoms with Crippen molar-refractivity contribution < 1.29 is 0 Å². The Kier molecular flexibility index (Phi) is 10.6. The van der Waals surface area contributed by atoms with Gasteiger partial charge in [0, 0.05) is 38.9 Å². The first-order valence-electron chi connectivity index (χ1n) is 24.5. The number of hydrogen-bond donors (Lipinski definition) is 0. The lowest BCUT2D eigenvalue weighted by molar-refractivity contribution is 1.19. The smallest absolute Gasteiger partial charge is 0.179 e. The molecular weight excluding hydrogens is 873 g/mol. The molecule has 71 heavy (non-hydrogen) atoms. The summed E-state index contributed by atoms with van der Waals surface area (Å²) in [5.74, 6) is 0. The van der Waals surface area contributed by atoms with Crippen LogP contribution in [-0.4, -0.2) is 12.6 Å². The Morgan fingerprint density at radius 2 is 0.789 bits per heavy atom. The fourth-order valence-corrected chi connectivity index (χ4v) is 16.1. The standard InChI is InChI=1S/C68H48N2Si/c1-5-24-53(25-6-1)70-66-37-19-36-63(67(66)65-47-40-50-21-14-16-34-64(50)68(65)70)52-23-17-26-56(48-52)69(54-41-38-51(39-42-54)62-35-18-22-49-20-13-15-33-61(49)62)55-43-45-60(46-44-55)71(57-27-7-2-8-28-57,58-29-9-3-10-30-58)59-31-11-4-12-32-59/h1-48H. The van der Waals surface area contributed by atoms with E-state index in [0.29, 0.717) is 0 Å². The van der Waals surface area contributed by atoms with Crippen LogP contribution in [0.15, 0.2) is 291 Å². The van der Waals surface area contributed by atoms with Gasteiger partial charge in [-0.3, -0.25) is 0 Å². The predicted octanol–water partition coefficient (Wildman–Crippen LogP) is 15.3. The van der Waals surface area contributed by atoms with E-state index >= 15 is 0 Å². The lowest BCUT2D eigenvalue weighted by atomic mass is 9.97. The summed E-state index contributed by atoms with van der Waals surface area (Å²) in [6.07, 6.45) is 0. The quantitative estimate of drug-likeness (QED) is 0.0980. The summed E-state index contributed by atoms with van der Waals surface area (Å²) < 4.78 is 2.45. The van der Waals surface area contributed by atoms with Crippen molar-refractivity contribution in [1.82, 2.24) is 4.57 Å². The molecule has 2 nitrogen and oxygen atoms in total. The number of anilines is 3. The first-order chi connectivity index (χ1) is 35.2. The molecule has 334 valence electrons. The van der Waals surface area contributed by atoms with E-state index < -0.39 is 8.07 Å². The van der Waals surface area contributed by atoms with Crippen LogP contribution in [0.4, 0.5) is 17.1 Å². The predicted molar refractivity (Wildman–Crippen MR) is 305 cm³/mol. The van der Waals surface area contributed by atoms with Crippen molar-refractivity contribution in [3.05, 3.63) is 291 Å². The fourth-order valence-electron chi connectivity index (χ4n) is 11.4. The molecule has 0 unspecified atom stereocenters. The van der Waals surface area contributed by atoms with Crippen molar-refractivity contribution >= 4 is 89.2 Å². The molecule has 0 aliphatic carbocycles. The zero-order chi connectivity index (χ0) is 47.1. The highest BCUT2D eigenvalue weighted by molar-refractivity contribution is 7.19. The van der Waals surface area contributed by atoms with Crippen LogP contribution in [0.2, 0.25) is 0 Å². The van der Waals surface area contributed by atoms with Gasteiger partial charge in [-0.15, -0.1) is 0 Å². The largest absolute Gasteiger partial charge is 0.310 e. The number of nitrogens with zero attached hydrogens (tertiary/aromatic N) is 2. The Balaban J connectivity index is 1.00. The van der Waals surface area contributed by atoms with Crippen LogP contribution >= 0.6 is 0 Å². The van der Waals surface area contributed by atoms with Gasteiger partial charge in [0.05, 0.1) is 11.0 Å². The summed E-state index contributed by atoms with van der Waals surface area (Å²) in [7, 11) is -2.75. The highest BCUT2D eigenvalue weighted by Crippen LogP contribution is 2.43. The van der Waals surface area contributed by atoms with E-state index in [0.717, 1.165) is 28.3 Å². The second-order valence-corrected chi connectivity index (χ2v) is 22.2. The van der Waals surface area contributed by atoms with Gasteiger partial charge >= 0.3 is 0 Å². The third-order valence-corrected chi connectivity index (χ3v) is 19.3. The Morgan fingerprint density at radius 1 is 0.296 bits per heavy atom. The Morgan fingerprint density at radius 3 is 1.44 bits per heavy atom. The average molecular weight is 921 g/mol. The lowest BCUT2D eigenvalue weighted by Gasteiger charge is -2.35. The van der Waals surface area contributed by atoms with E-state index in [2.05, 4.69) is 301 Å². The molecule has 0 N–H and O–H groups in total. The van der Waals surface area contributed by atoms with Crippen LogP contribution in [-0.2, 0) is 0 Å². The Bertz CT molecular complexity index is 3910. The number of rotatable bonds is 10. The van der Waals surface area contributed by atoms with E-state index in [-0.39, 0.29) is 0 Å². The Hall–Kier alpha value is -9.02. The second kappa shape index (κ2) is 17.8. The molecule has 13 rings (SSSR count). The van der Waals surface area contributed by atoms with Gasteiger partial charge in [-0.05, 0) is 114 Å². The molecule has 0 aliphatic rings. The fraction of sp³-hybridized carbons (Fsp3) is 0. The zero-order valence-electron chi connectivity index (χ0n) is 39.1. The van der Waals surface area contributed by atoms with Crippen LogP contribution < -0.4 is 25.6 Å². The van der Waals surface area contributed by atoms with E-state index in [1.54, 1.807) is 0 Å². The highest BCUT2D eigenvalue weighted by Gasteiger charge is 2.41. The van der Waals surface area contributed by atoms with Crippen LogP contribution in [0, 0.1) is 0 Å². The highest BCUT2D eigenvalue weighted by atomic mass is 28.3. The molecule has 0 bridgehead atoms. The summed E-state index contributed by atoms with van der Waals surface area (Å²) in [6.45, 7) is 0. The van der Waals surface area contributed by atoms with Gasteiger partial charge in [0.2, 0.25) is 0 Å². The zero-order valence-corrected chi connectivity index (χ0v) is 40.1. The second-order valence-electron chi connectivity index (χ2n) is 18.4. The van der Waals surface area contributed by atoms with Crippen molar-refractivity contribution in [2.75, 3.05) is 4.90 Å². The summed E-state index contributed by atoms with van der Waals surface area (Å²) >= 11 is 0. The number of para-hydroxylation sites is 1. The van der Waals surface area contributed by atoms with Crippen LogP contribution in [0.1, 0.15) is 0 Å². The number of aromatic nitrogens is 1. The third kappa shape index (κ3) is 7.17. The molecule has 12 aromatic carbocycles. The monoisotopic (exact) mass is 920 g/mol. The molecule has 0 spiro atoms. The van der Waals surface area contributed by atoms with E-state index in [4.69, 9.17) is 0 Å². The molecule has 13 aromatic rings. The van der Waals surface area contributed by atoms with Crippen LogP contribution in [0.3, 0.4) is 0 Å². The molecule has 0 saturated carbocycles. The van der Waals surface area contributed by atoms with E-state index in [1.165, 1.54) is 80.8 Å². The number of fused-ring (bicyclic) bond motifs is 6. The van der Waals surface area contributed by atoms with Crippen LogP contribution in [0.5, 0.6) is 0 Å². The molecule has 0 amide bonds. The molecule has 0 fully saturated rings. The minimum Gasteiger partial charge on any atom is -0.310 e. The first-order valence-corrected chi connectivity index (χ1v) is 26.5.